The zero-order valence-corrected chi connectivity index (χ0v) is 19.5. The van der Waals surface area contributed by atoms with Gasteiger partial charge in [0.2, 0.25) is 5.91 Å². The third-order valence-electron chi connectivity index (χ3n) is 5.55. The van der Waals surface area contributed by atoms with Gasteiger partial charge in [0.25, 0.3) is 5.91 Å². The molecule has 2 aromatic carbocycles. The second kappa shape index (κ2) is 10.2. The summed E-state index contributed by atoms with van der Waals surface area (Å²) in [6, 6.07) is 18.9. The minimum Gasteiger partial charge on any atom is -0.467 e. The molecule has 0 aliphatic rings. The maximum atomic E-state index is 13.2. The van der Waals surface area contributed by atoms with Crippen LogP contribution >= 0.6 is 0 Å². The van der Waals surface area contributed by atoms with E-state index in [0.717, 1.165) is 16.7 Å². The van der Waals surface area contributed by atoms with Crippen molar-refractivity contribution in [2.45, 2.75) is 39.9 Å². The Labute approximate surface area is 198 Å². The van der Waals surface area contributed by atoms with Crippen LogP contribution in [-0.4, -0.2) is 27.6 Å². The number of hydrogen-bond acceptors (Lipinski definition) is 4. The molecule has 34 heavy (non-hydrogen) atoms. The van der Waals surface area contributed by atoms with Crippen molar-refractivity contribution in [2.75, 3.05) is 0 Å². The highest BCUT2D eigenvalue weighted by Crippen LogP contribution is 2.23. The molecule has 0 bridgehead atoms. The standard InChI is InChI=1S/C27H28N4O3/c1-18-6-10-21(11-7-18)16-31-17-24(25(30-31)22-12-8-19(2)9-13-22)27(33)29-20(3)26(32)28-15-23-5-4-14-34-23/h4-14,17,20H,15-16H2,1-3H3,(H,28,32)(H,29,33). The molecule has 7 heteroatoms. The summed E-state index contributed by atoms with van der Waals surface area (Å²) in [5.41, 5.74) is 5.23. The molecule has 0 saturated carbocycles. The number of hydrogen-bond donors (Lipinski definition) is 2. The molecule has 2 heterocycles. The summed E-state index contributed by atoms with van der Waals surface area (Å²) in [7, 11) is 0. The second-order valence-electron chi connectivity index (χ2n) is 8.43. The number of nitrogens with zero attached hydrogens (tertiary/aromatic N) is 2. The Hall–Kier alpha value is -4.13. The Kier molecular flexibility index (Phi) is 6.92. The van der Waals surface area contributed by atoms with E-state index in [1.807, 2.05) is 50.2 Å². The summed E-state index contributed by atoms with van der Waals surface area (Å²) in [4.78, 5) is 25.7. The Morgan fingerprint density at radius 1 is 1.00 bits per heavy atom. The van der Waals surface area contributed by atoms with Crippen LogP contribution in [0.15, 0.2) is 77.5 Å². The van der Waals surface area contributed by atoms with E-state index in [9.17, 15) is 9.59 Å². The van der Waals surface area contributed by atoms with Crippen molar-refractivity contribution in [3.63, 3.8) is 0 Å². The third-order valence-corrected chi connectivity index (χ3v) is 5.55. The van der Waals surface area contributed by atoms with Gasteiger partial charge in [-0.25, -0.2) is 0 Å². The monoisotopic (exact) mass is 456 g/mol. The third kappa shape index (κ3) is 5.61. The number of amides is 2. The molecule has 2 amide bonds. The largest absolute Gasteiger partial charge is 0.467 e. The Morgan fingerprint density at radius 3 is 2.32 bits per heavy atom. The average molecular weight is 457 g/mol. The van der Waals surface area contributed by atoms with Gasteiger partial charge in [-0.15, -0.1) is 0 Å². The number of aromatic nitrogens is 2. The van der Waals surface area contributed by atoms with Crippen molar-refractivity contribution in [3.8, 4) is 11.3 Å². The quantitative estimate of drug-likeness (QED) is 0.415. The normalized spacial score (nSPS) is 11.7. The van der Waals surface area contributed by atoms with Crippen LogP contribution in [0, 0.1) is 13.8 Å². The minimum absolute atomic E-state index is 0.259. The number of rotatable bonds is 8. The van der Waals surface area contributed by atoms with E-state index in [1.54, 1.807) is 36.2 Å². The zero-order valence-electron chi connectivity index (χ0n) is 19.5. The van der Waals surface area contributed by atoms with Gasteiger partial charge in [0.15, 0.2) is 0 Å². The predicted octanol–water partition coefficient (Wildman–Crippen LogP) is 4.24. The summed E-state index contributed by atoms with van der Waals surface area (Å²) in [6.07, 6.45) is 3.28. The van der Waals surface area contributed by atoms with Crippen LogP contribution < -0.4 is 10.6 Å². The van der Waals surface area contributed by atoms with Crippen molar-refractivity contribution in [1.82, 2.24) is 20.4 Å². The lowest BCUT2D eigenvalue weighted by atomic mass is 10.1. The van der Waals surface area contributed by atoms with E-state index in [4.69, 9.17) is 9.52 Å². The van der Waals surface area contributed by atoms with Crippen molar-refractivity contribution >= 4 is 11.8 Å². The van der Waals surface area contributed by atoms with Gasteiger partial charge >= 0.3 is 0 Å². The summed E-state index contributed by atoms with van der Waals surface area (Å²) in [6.45, 7) is 6.50. The summed E-state index contributed by atoms with van der Waals surface area (Å²) < 4.78 is 6.99. The summed E-state index contributed by atoms with van der Waals surface area (Å²) in [5.74, 6) is -0.00835. The maximum Gasteiger partial charge on any atom is 0.255 e. The number of benzene rings is 2. The zero-order chi connectivity index (χ0) is 24.1. The van der Waals surface area contributed by atoms with Gasteiger partial charge in [-0.3, -0.25) is 14.3 Å². The van der Waals surface area contributed by atoms with Crippen molar-refractivity contribution in [3.05, 3.63) is 101 Å². The fraction of sp³-hybridized carbons (Fsp3) is 0.222. The molecule has 1 unspecified atom stereocenters. The van der Waals surface area contributed by atoms with E-state index >= 15 is 0 Å². The lowest BCUT2D eigenvalue weighted by molar-refractivity contribution is -0.122. The average Bonchev–Trinajstić information content (AvgIpc) is 3.49. The van der Waals surface area contributed by atoms with Crippen LogP contribution in [0.25, 0.3) is 11.3 Å². The fourth-order valence-corrected chi connectivity index (χ4v) is 3.55. The van der Waals surface area contributed by atoms with Crippen LogP contribution in [0.4, 0.5) is 0 Å². The number of carbonyl (C=O) groups excluding carboxylic acids is 2. The van der Waals surface area contributed by atoms with Gasteiger partial charge in [0.1, 0.15) is 17.5 Å². The lowest BCUT2D eigenvalue weighted by Crippen LogP contribution is -2.44. The molecule has 2 N–H and O–H groups in total. The van der Waals surface area contributed by atoms with Crippen molar-refractivity contribution < 1.29 is 14.0 Å². The molecule has 0 radical (unpaired) electrons. The van der Waals surface area contributed by atoms with Crippen LogP contribution in [0.5, 0.6) is 0 Å². The fourth-order valence-electron chi connectivity index (χ4n) is 3.55. The van der Waals surface area contributed by atoms with E-state index in [1.165, 1.54) is 5.56 Å². The van der Waals surface area contributed by atoms with Crippen molar-refractivity contribution in [1.29, 1.82) is 0 Å². The summed E-state index contributed by atoms with van der Waals surface area (Å²) >= 11 is 0. The van der Waals surface area contributed by atoms with Gasteiger partial charge < -0.3 is 15.1 Å². The SMILES string of the molecule is Cc1ccc(Cn2cc(C(=O)NC(C)C(=O)NCc3ccco3)c(-c3ccc(C)cc3)n2)cc1. The van der Waals surface area contributed by atoms with Gasteiger partial charge in [-0.2, -0.15) is 5.10 Å². The topological polar surface area (TPSA) is 89.2 Å². The van der Waals surface area contributed by atoms with Gasteiger partial charge in [0, 0.05) is 11.8 Å². The molecular weight excluding hydrogens is 428 g/mol. The molecule has 174 valence electrons. The first-order valence-corrected chi connectivity index (χ1v) is 11.2. The number of nitrogens with one attached hydrogen (secondary N) is 2. The summed E-state index contributed by atoms with van der Waals surface area (Å²) in [5, 5.41) is 10.3. The molecule has 0 aliphatic carbocycles. The molecule has 0 aliphatic heterocycles. The molecule has 0 fully saturated rings. The minimum atomic E-state index is -0.728. The number of furan rings is 1. The first-order valence-electron chi connectivity index (χ1n) is 11.2. The number of aryl methyl sites for hydroxylation is 2. The molecule has 1 atom stereocenters. The molecule has 0 spiro atoms. The van der Waals surface area contributed by atoms with Gasteiger partial charge in [-0.05, 0) is 38.5 Å². The predicted molar refractivity (Wildman–Crippen MR) is 130 cm³/mol. The first-order chi connectivity index (χ1) is 16.4. The molecule has 7 nitrogen and oxygen atoms in total. The Balaban J connectivity index is 1.53. The van der Waals surface area contributed by atoms with Crippen LogP contribution in [0.1, 0.15) is 39.7 Å². The Bertz CT molecular complexity index is 1260. The van der Waals surface area contributed by atoms with Crippen LogP contribution in [0.2, 0.25) is 0 Å². The molecule has 4 rings (SSSR count). The van der Waals surface area contributed by atoms with Gasteiger partial charge in [0.05, 0.1) is 24.9 Å². The molecular formula is C27H28N4O3. The Morgan fingerprint density at radius 2 is 1.68 bits per heavy atom. The number of carbonyl (C=O) groups is 2. The molecule has 2 aromatic heterocycles. The van der Waals surface area contributed by atoms with Crippen LogP contribution in [-0.2, 0) is 17.9 Å². The highest BCUT2D eigenvalue weighted by molar-refractivity contribution is 6.01. The first kappa shape index (κ1) is 23.0. The maximum absolute atomic E-state index is 13.2. The highest BCUT2D eigenvalue weighted by atomic mass is 16.3. The van der Waals surface area contributed by atoms with E-state index < -0.39 is 6.04 Å². The van der Waals surface area contributed by atoms with E-state index in [2.05, 4.69) is 22.8 Å². The van der Waals surface area contributed by atoms with E-state index in [0.29, 0.717) is 23.6 Å². The second-order valence-corrected chi connectivity index (χ2v) is 8.43. The van der Waals surface area contributed by atoms with Crippen molar-refractivity contribution in [2.24, 2.45) is 0 Å². The lowest BCUT2D eigenvalue weighted by Gasteiger charge is -2.13. The highest BCUT2D eigenvalue weighted by Gasteiger charge is 2.22. The smallest absolute Gasteiger partial charge is 0.255 e. The van der Waals surface area contributed by atoms with Crippen LogP contribution in [0.3, 0.4) is 0 Å². The molecule has 4 aromatic rings. The van der Waals surface area contributed by atoms with Gasteiger partial charge in [-0.1, -0.05) is 59.7 Å². The van der Waals surface area contributed by atoms with E-state index in [-0.39, 0.29) is 18.4 Å². The molecule has 0 saturated heterocycles.